The molecule has 1 amide bonds. The van der Waals surface area contributed by atoms with Gasteiger partial charge in [0.05, 0.1) is 30.6 Å². The molecule has 0 unspecified atom stereocenters. The van der Waals surface area contributed by atoms with Gasteiger partial charge in [0.15, 0.2) is 17.2 Å². The van der Waals surface area contributed by atoms with Crippen molar-refractivity contribution < 1.29 is 14.3 Å². The van der Waals surface area contributed by atoms with Crippen molar-refractivity contribution in [2.75, 3.05) is 21.3 Å². The molecule has 138 valence electrons. The SMILES string of the molecule is CNC(=O)c1nn(-c2ccccc2Cl)c2c1Cc1cc(OC)c(OC)cc1-2. The smallest absolute Gasteiger partial charge is 0.271 e. The molecule has 0 saturated carbocycles. The molecule has 0 fully saturated rings. The third kappa shape index (κ3) is 2.64. The van der Waals surface area contributed by atoms with E-state index in [1.165, 1.54) is 0 Å². The first kappa shape index (κ1) is 17.4. The highest BCUT2D eigenvalue weighted by Gasteiger charge is 2.32. The highest BCUT2D eigenvalue weighted by atomic mass is 35.5. The van der Waals surface area contributed by atoms with Crippen molar-refractivity contribution in [2.45, 2.75) is 6.42 Å². The number of nitrogens with one attached hydrogen (secondary N) is 1. The van der Waals surface area contributed by atoms with E-state index in [0.717, 1.165) is 22.4 Å². The maximum Gasteiger partial charge on any atom is 0.271 e. The van der Waals surface area contributed by atoms with Gasteiger partial charge in [-0.1, -0.05) is 23.7 Å². The Hall–Kier alpha value is -2.99. The maximum absolute atomic E-state index is 12.4. The number of aromatic nitrogens is 2. The molecule has 0 radical (unpaired) electrons. The van der Waals surface area contributed by atoms with E-state index in [2.05, 4.69) is 10.4 Å². The van der Waals surface area contributed by atoms with Gasteiger partial charge in [-0.15, -0.1) is 0 Å². The van der Waals surface area contributed by atoms with Crippen molar-refractivity contribution in [1.29, 1.82) is 0 Å². The number of methoxy groups -OCH3 is 2. The van der Waals surface area contributed by atoms with Crippen molar-refractivity contribution in [1.82, 2.24) is 15.1 Å². The standard InChI is InChI=1S/C20H18ClN3O3/c1-22-20(25)18-13-8-11-9-16(26-2)17(27-3)10-12(11)19(13)24(23-18)15-7-5-4-6-14(15)21/h4-7,9-10H,8H2,1-3H3,(H,22,25). The lowest BCUT2D eigenvalue weighted by Crippen LogP contribution is -2.20. The first-order valence-electron chi connectivity index (χ1n) is 8.43. The molecule has 1 aromatic heterocycles. The van der Waals surface area contributed by atoms with Gasteiger partial charge in [-0.25, -0.2) is 4.68 Å². The number of benzene rings is 2. The molecule has 0 spiro atoms. The largest absolute Gasteiger partial charge is 0.493 e. The van der Waals surface area contributed by atoms with E-state index in [9.17, 15) is 4.79 Å². The second kappa shape index (κ2) is 6.63. The number of carbonyl (C=O) groups is 1. The predicted octanol–water partition coefficient (Wildman–Crippen LogP) is 3.47. The van der Waals surface area contributed by atoms with Crippen molar-refractivity contribution in [3.63, 3.8) is 0 Å². The molecule has 27 heavy (non-hydrogen) atoms. The number of hydrogen-bond donors (Lipinski definition) is 1. The lowest BCUT2D eigenvalue weighted by molar-refractivity contribution is 0.0957. The summed E-state index contributed by atoms with van der Waals surface area (Å²) in [5, 5.41) is 7.80. The van der Waals surface area contributed by atoms with E-state index in [-0.39, 0.29) is 5.91 Å². The normalized spacial score (nSPS) is 11.7. The molecule has 7 heteroatoms. The van der Waals surface area contributed by atoms with Gasteiger partial charge in [0.1, 0.15) is 0 Å². The summed E-state index contributed by atoms with van der Waals surface area (Å²) in [5.74, 6) is 1.04. The summed E-state index contributed by atoms with van der Waals surface area (Å²) in [6.07, 6.45) is 0.582. The van der Waals surface area contributed by atoms with Crippen LogP contribution in [0.2, 0.25) is 5.02 Å². The zero-order chi connectivity index (χ0) is 19.1. The summed E-state index contributed by atoms with van der Waals surface area (Å²) < 4.78 is 12.6. The highest BCUT2D eigenvalue weighted by molar-refractivity contribution is 6.32. The zero-order valence-electron chi connectivity index (χ0n) is 15.2. The summed E-state index contributed by atoms with van der Waals surface area (Å²) >= 11 is 6.41. The number of para-hydroxylation sites is 1. The lowest BCUT2D eigenvalue weighted by Gasteiger charge is -2.13. The highest BCUT2D eigenvalue weighted by Crippen LogP contribution is 2.45. The van der Waals surface area contributed by atoms with Crippen molar-refractivity contribution in [3.8, 4) is 28.4 Å². The van der Waals surface area contributed by atoms with Gasteiger partial charge in [-0.05, 0) is 29.8 Å². The molecule has 1 aliphatic rings. The maximum atomic E-state index is 12.4. The minimum Gasteiger partial charge on any atom is -0.493 e. The van der Waals surface area contributed by atoms with Crippen molar-refractivity contribution in [2.24, 2.45) is 0 Å². The molecule has 0 atom stereocenters. The molecule has 1 N–H and O–H groups in total. The van der Waals surface area contributed by atoms with Crippen molar-refractivity contribution >= 4 is 17.5 Å². The number of ether oxygens (including phenoxy) is 2. The Bertz CT molecular complexity index is 1060. The number of rotatable bonds is 4. The molecule has 3 aromatic rings. The van der Waals surface area contributed by atoms with Crippen molar-refractivity contribution in [3.05, 3.63) is 58.2 Å². The predicted molar refractivity (Wildman–Crippen MR) is 103 cm³/mol. The topological polar surface area (TPSA) is 65.4 Å². The molecule has 4 rings (SSSR count). The fraction of sp³-hybridized carbons (Fsp3) is 0.200. The Morgan fingerprint density at radius 2 is 1.89 bits per heavy atom. The molecule has 0 saturated heterocycles. The molecular weight excluding hydrogens is 366 g/mol. The van der Waals surface area contributed by atoms with Crippen LogP contribution in [0, 0.1) is 0 Å². The van der Waals surface area contributed by atoms with Crippen LogP contribution < -0.4 is 14.8 Å². The number of carbonyl (C=O) groups excluding carboxylic acids is 1. The van der Waals surface area contributed by atoms with Crippen LogP contribution in [0.5, 0.6) is 11.5 Å². The third-order valence-electron chi connectivity index (χ3n) is 4.74. The molecule has 2 aromatic carbocycles. The summed E-state index contributed by atoms with van der Waals surface area (Å²) in [7, 11) is 4.80. The van der Waals surface area contributed by atoms with Gasteiger partial charge in [-0.3, -0.25) is 4.79 Å². The second-order valence-electron chi connectivity index (χ2n) is 6.16. The Labute approximate surface area is 161 Å². The Morgan fingerprint density at radius 1 is 1.19 bits per heavy atom. The van der Waals surface area contributed by atoms with E-state index >= 15 is 0 Å². The Kier molecular flexibility index (Phi) is 4.28. The number of hydrogen-bond acceptors (Lipinski definition) is 4. The molecular formula is C20H18ClN3O3. The molecule has 0 bridgehead atoms. The molecule has 1 aliphatic carbocycles. The molecule has 6 nitrogen and oxygen atoms in total. The van der Waals surface area contributed by atoms with E-state index in [1.807, 2.05) is 30.3 Å². The Morgan fingerprint density at radius 3 is 2.56 bits per heavy atom. The summed E-state index contributed by atoms with van der Waals surface area (Å²) in [6.45, 7) is 0. The van der Waals surface area contributed by atoms with E-state index < -0.39 is 0 Å². The van der Waals surface area contributed by atoms with Crippen LogP contribution in [0.4, 0.5) is 0 Å². The monoisotopic (exact) mass is 383 g/mol. The molecule has 1 heterocycles. The van der Waals surface area contributed by atoms with Crippen LogP contribution in [0.1, 0.15) is 21.6 Å². The quantitative estimate of drug-likeness (QED) is 0.586. The van der Waals surface area contributed by atoms with Gasteiger partial charge in [0, 0.05) is 24.6 Å². The average Bonchev–Trinajstić information content (AvgIpc) is 3.23. The number of nitrogens with zero attached hydrogens (tertiary/aromatic N) is 2. The summed E-state index contributed by atoms with van der Waals surface area (Å²) in [5.41, 5.74) is 4.81. The minimum absolute atomic E-state index is 0.233. The van der Waals surface area contributed by atoms with Crippen LogP contribution in [-0.4, -0.2) is 37.0 Å². The van der Waals surface area contributed by atoms with Crippen LogP contribution in [-0.2, 0) is 6.42 Å². The lowest BCUT2D eigenvalue weighted by atomic mass is 10.1. The van der Waals surface area contributed by atoms with E-state index in [0.29, 0.717) is 34.3 Å². The Balaban J connectivity index is 2.01. The number of fused-ring (bicyclic) bond motifs is 3. The first-order valence-corrected chi connectivity index (χ1v) is 8.81. The minimum atomic E-state index is -0.233. The third-order valence-corrected chi connectivity index (χ3v) is 5.06. The van der Waals surface area contributed by atoms with E-state index in [4.69, 9.17) is 21.1 Å². The second-order valence-corrected chi connectivity index (χ2v) is 6.57. The van der Waals surface area contributed by atoms with Crippen LogP contribution >= 0.6 is 11.6 Å². The molecule has 0 aliphatic heterocycles. The fourth-order valence-corrected chi connectivity index (χ4v) is 3.69. The number of amides is 1. The summed E-state index contributed by atoms with van der Waals surface area (Å²) in [4.78, 5) is 12.4. The number of halogens is 1. The summed E-state index contributed by atoms with van der Waals surface area (Å²) in [6, 6.07) is 11.3. The van der Waals surface area contributed by atoms with Gasteiger partial charge < -0.3 is 14.8 Å². The van der Waals surface area contributed by atoms with Gasteiger partial charge in [0.25, 0.3) is 5.91 Å². The average molecular weight is 384 g/mol. The first-order chi connectivity index (χ1) is 13.1. The van der Waals surface area contributed by atoms with Crippen LogP contribution in [0.25, 0.3) is 16.9 Å². The van der Waals surface area contributed by atoms with Crippen LogP contribution in [0.3, 0.4) is 0 Å². The van der Waals surface area contributed by atoms with Gasteiger partial charge >= 0.3 is 0 Å². The van der Waals surface area contributed by atoms with Crippen LogP contribution in [0.15, 0.2) is 36.4 Å². The zero-order valence-corrected chi connectivity index (χ0v) is 15.9. The van der Waals surface area contributed by atoms with Gasteiger partial charge in [0.2, 0.25) is 0 Å². The van der Waals surface area contributed by atoms with E-state index in [1.54, 1.807) is 32.0 Å². The fourth-order valence-electron chi connectivity index (χ4n) is 3.47. The van der Waals surface area contributed by atoms with Gasteiger partial charge in [-0.2, -0.15) is 5.10 Å².